The molecule has 0 fully saturated rings. The molecule has 0 N–H and O–H groups in total. The lowest BCUT2D eigenvalue weighted by Gasteiger charge is -2.27. The second-order valence-electron chi connectivity index (χ2n) is 4.08. The third-order valence-electron chi connectivity index (χ3n) is 2.57. The Hall–Kier alpha value is 1.32. The molecule has 0 aromatic carbocycles. The van der Waals surface area contributed by atoms with Gasteiger partial charge in [-0.3, -0.25) is 0 Å². The lowest BCUT2D eigenvalue weighted by molar-refractivity contribution is 0.504. The molecule has 1 heterocycles. The predicted molar refractivity (Wildman–Crippen MR) is 90.6 cm³/mol. The van der Waals surface area contributed by atoms with Gasteiger partial charge in [0, 0.05) is 6.54 Å². The highest BCUT2D eigenvalue weighted by molar-refractivity contribution is 14.1. The maximum absolute atomic E-state index is 6.19. The fourth-order valence-corrected chi connectivity index (χ4v) is 3.30. The average molecular weight is 479 g/mol. The maximum Gasteiger partial charge on any atom is 0.228 e. The first-order chi connectivity index (χ1) is 8.71. The summed E-state index contributed by atoms with van der Waals surface area (Å²) in [5, 5.41) is 7.96. The van der Waals surface area contributed by atoms with Gasteiger partial charge < -0.3 is 0 Å². The van der Waals surface area contributed by atoms with E-state index in [4.69, 9.17) is 58.0 Å². The van der Waals surface area contributed by atoms with E-state index in [0.717, 1.165) is 19.3 Å². The van der Waals surface area contributed by atoms with E-state index < -0.39 is 8.13 Å². The summed E-state index contributed by atoms with van der Waals surface area (Å²) in [5.74, 6) is 0. The molecule has 0 atom stereocenters. The monoisotopic (exact) mass is 477 g/mol. The van der Waals surface area contributed by atoms with Crippen LogP contribution in [0.25, 0.3) is 0 Å². The van der Waals surface area contributed by atoms with Gasteiger partial charge in [0.2, 0.25) is 8.13 Å². The molecule has 1 aromatic rings. The SMILES string of the molecule is CCCCCCn1nnc(I)c1C(Cl)(Cl)C(Cl)(Cl)Cl. The van der Waals surface area contributed by atoms with E-state index in [0.29, 0.717) is 15.9 Å². The van der Waals surface area contributed by atoms with Crippen molar-refractivity contribution in [2.75, 3.05) is 0 Å². The molecule has 0 spiro atoms. The van der Waals surface area contributed by atoms with Gasteiger partial charge in [-0.15, -0.1) is 5.10 Å². The quantitative estimate of drug-likeness (QED) is 0.308. The van der Waals surface area contributed by atoms with Gasteiger partial charge in [0.25, 0.3) is 0 Å². The van der Waals surface area contributed by atoms with Crippen molar-refractivity contribution in [1.29, 1.82) is 0 Å². The molecular weight excluding hydrogens is 466 g/mol. The molecule has 0 aliphatic carbocycles. The number of nitrogens with zero attached hydrogens (tertiary/aromatic N) is 3. The Morgan fingerprint density at radius 3 is 2.26 bits per heavy atom. The fraction of sp³-hybridized carbons (Fsp3) is 0.800. The number of hydrogen-bond donors (Lipinski definition) is 0. The Balaban J connectivity index is 2.92. The Kier molecular flexibility index (Phi) is 7.29. The number of alkyl halides is 5. The third-order valence-corrected chi connectivity index (χ3v) is 5.65. The molecule has 0 aliphatic heterocycles. The topological polar surface area (TPSA) is 30.7 Å². The van der Waals surface area contributed by atoms with Crippen LogP contribution in [-0.2, 0) is 10.9 Å². The zero-order chi connectivity index (χ0) is 14.7. The molecule has 0 bridgehead atoms. The molecular formula is C10H13Cl5IN3. The van der Waals surface area contributed by atoms with E-state index in [-0.39, 0.29) is 0 Å². The Labute approximate surface area is 151 Å². The summed E-state index contributed by atoms with van der Waals surface area (Å²) in [7, 11) is 0. The largest absolute Gasteiger partial charge is 0.245 e. The van der Waals surface area contributed by atoms with Gasteiger partial charge >= 0.3 is 0 Å². The number of rotatable bonds is 6. The molecule has 0 radical (unpaired) electrons. The highest BCUT2D eigenvalue weighted by atomic mass is 127. The summed E-state index contributed by atoms with van der Waals surface area (Å²) >= 11 is 31.9. The Bertz CT molecular complexity index is 416. The average Bonchev–Trinajstić information content (AvgIpc) is 2.65. The van der Waals surface area contributed by atoms with Crippen molar-refractivity contribution in [2.24, 2.45) is 0 Å². The van der Waals surface area contributed by atoms with Gasteiger partial charge in [0.05, 0.1) is 0 Å². The minimum atomic E-state index is -1.86. The number of aromatic nitrogens is 3. The van der Waals surface area contributed by atoms with Crippen LogP contribution in [0, 0.1) is 3.70 Å². The van der Waals surface area contributed by atoms with Crippen LogP contribution in [0.4, 0.5) is 0 Å². The summed E-state index contributed by atoms with van der Waals surface area (Å²) in [6.45, 7) is 2.79. The number of halogens is 6. The van der Waals surface area contributed by atoms with Crippen molar-refractivity contribution in [3.8, 4) is 0 Å². The summed E-state index contributed by atoms with van der Waals surface area (Å²) in [5.41, 5.74) is 0.424. The number of hydrogen-bond acceptors (Lipinski definition) is 2. The van der Waals surface area contributed by atoms with Crippen LogP contribution < -0.4 is 0 Å². The van der Waals surface area contributed by atoms with Crippen molar-refractivity contribution >= 4 is 80.6 Å². The van der Waals surface area contributed by atoms with Crippen molar-refractivity contribution < 1.29 is 0 Å². The van der Waals surface area contributed by atoms with Gasteiger partial charge in [-0.05, 0) is 29.0 Å². The number of aryl methyl sites for hydroxylation is 1. The summed E-state index contributed by atoms with van der Waals surface area (Å²) in [6.07, 6.45) is 4.37. The van der Waals surface area contributed by atoms with Crippen LogP contribution in [0.3, 0.4) is 0 Å². The molecule has 110 valence electrons. The third kappa shape index (κ3) is 4.65. The van der Waals surface area contributed by atoms with E-state index in [2.05, 4.69) is 17.2 Å². The first kappa shape index (κ1) is 18.4. The molecule has 3 nitrogen and oxygen atoms in total. The van der Waals surface area contributed by atoms with Gasteiger partial charge in [-0.25, -0.2) is 4.68 Å². The predicted octanol–water partition coefficient (Wildman–Crippen LogP) is 5.46. The van der Waals surface area contributed by atoms with E-state index in [1.54, 1.807) is 4.68 Å². The summed E-state index contributed by atoms with van der Waals surface area (Å²) in [6, 6.07) is 0. The van der Waals surface area contributed by atoms with E-state index in [1.807, 2.05) is 22.6 Å². The van der Waals surface area contributed by atoms with Crippen LogP contribution in [0.2, 0.25) is 0 Å². The van der Waals surface area contributed by atoms with E-state index in [1.165, 1.54) is 6.42 Å². The zero-order valence-electron chi connectivity index (χ0n) is 10.1. The van der Waals surface area contributed by atoms with E-state index in [9.17, 15) is 0 Å². The first-order valence-corrected chi connectivity index (χ1v) is 8.72. The highest BCUT2D eigenvalue weighted by Crippen LogP contribution is 2.53. The second kappa shape index (κ2) is 7.54. The lowest BCUT2D eigenvalue weighted by atomic mass is 10.2. The molecule has 0 unspecified atom stereocenters. The molecule has 19 heavy (non-hydrogen) atoms. The van der Waals surface area contributed by atoms with Crippen molar-refractivity contribution in [2.45, 2.75) is 47.3 Å². The van der Waals surface area contributed by atoms with Gasteiger partial charge in [-0.1, -0.05) is 89.4 Å². The molecule has 0 aliphatic rings. The maximum atomic E-state index is 6.19. The second-order valence-corrected chi connectivity index (χ2v) is 8.72. The van der Waals surface area contributed by atoms with Gasteiger partial charge in [0.15, 0.2) is 0 Å². The minimum Gasteiger partial charge on any atom is -0.245 e. The normalized spacial score (nSPS) is 13.0. The van der Waals surface area contributed by atoms with Crippen molar-refractivity contribution in [1.82, 2.24) is 15.0 Å². The van der Waals surface area contributed by atoms with Crippen LogP contribution in [-0.4, -0.2) is 18.8 Å². The van der Waals surface area contributed by atoms with Gasteiger partial charge in [0.1, 0.15) is 9.39 Å². The molecule has 0 saturated heterocycles. The first-order valence-electron chi connectivity index (χ1n) is 5.75. The van der Waals surface area contributed by atoms with Crippen LogP contribution in [0.5, 0.6) is 0 Å². The zero-order valence-corrected chi connectivity index (χ0v) is 16.1. The molecule has 1 aromatic heterocycles. The molecule has 0 saturated carbocycles. The fourth-order valence-electron chi connectivity index (χ4n) is 1.56. The van der Waals surface area contributed by atoms with E-state index >= 15 is 0 Å². The van der Waals surface area contributed by atoms with Crippen LogP contribution >= 0.6 is 80.6 Å². The standard InChI is InChI=1S/C10H13Cl5IN3/c1-2-3-4-5-6-19-7(8(16)17-18-19)9(11,12)10(13,14)15/h2-6H2,1H3. The van der Waals surface area contributed by atoms with Crippen molar-refractivity contribution in [3.05, 3.63) is 9.39 Å². The lowest BCUT2D eigenvalue weighted by Crippen LogP contribution is -2.32. The van der Waals surface area contributed by atoms with Crippen LogP contribution in [0.1, 0.15) is 38.3 Å². The van der Waals surface area contributed by atoms with Crippen LogP contribution in [0.15, 0.2) is 0 Å². The Morgan fingerprint density at radius 2 is 1.74 bits per heavy atom. The summed E-state index contributed by atoms with van der Waals surface area (Å²) < 4.78 is -1.41. The van der Waals surface area contributed by atoms with Gasteiger partial charge in [-0.2, -0.15) is 0 Å². The summed E-state index contributed by atoms with van der Waals surface area (Å²) in [4.78, 5) is 0. The smallest absolute Gasteiger partial charge is 0.228 e. The van der Waals surface area contributed by atoms with Crippen molar-refractivity contribution in [3.63, 3.8) is 0 Å². The Morgan fingerprint density at radius 1 is 1.11 bits per heavy atom. The minimum absolute atomic E-state index is 0.424. The molecule has 0 amide bonds. The number of unbranched alkanes of at least 4 members (excludes halogenated alkanes) is 3. The molecule has 1 rings (SSSR count). The molecule has 9 heteroatoms. The highest BCUT2D eigenvalue weighted by Gasteiger charge is 2.51.